The molecule has 1 unspecified atom stereocenters. The lowest BCUT2D eigenvalue weighted by Crippen LogP contribution is -2.10. The molecule has 0 radical (unpaired) electrons. The van der Waals surface area contributed by atoms with Crippen LogP contribution in [0.3, 0.4) is 0 Å². The predicted octanol–water partition coefficient (Wildman–Crippen LogP) is 2.26. The highest BCUT2D eigenvalue weighted by atomic mass is 16.5. The summed E-state index contributed by atoms with van der Waals surface area (Å²) in [6, 6.07) is 0. The number of nitrogens with two attached hydrogens (primary N) is 1. The molecule has 2 rings (SSSR count). The monoisotopic (exact) mass is 291 g/mol. The third kappa shape index (κ3) is 3.69. The lowest BCUT2D eigenvalue weighted by Gasteiger charge is -2.12. The highest BCUT2D eigenvalue weighted by Crippen LogP contribution is 2.27. The molecule has 2 N–H and O–H groups in total. The molecule has 0 aromatic carbocycles. The van der Waals surface area contributed by atoms with E-state index in [9.17, 15) is 0 Å². The quantitative estimate of drug-likeness (QED) is 0.878. The van der Waals surface area contributed by atoms with Crippen LogP contribution in [-0.2, 0) is 4.74 Å². The van der Waals surface area contributed by atoms with Crippen molar-refractivity contribution in [3.63, 3.8) is 0 Å². The normalized spacial score (nSPS) is 12.6. The first-order valence-electron chi connectivity index (χ1n) is 6.96. The molecule has 2 aromatic rings. The number of rotatable bonds is 6. The Morgan fingerprint density at radius 2 is 2.05 bits per heavy atom. The van der Waals surface area contributed by atoms with E-state index in [1.807, 2.05) is 33.9 Å². The summed E-state index contributed by atoms with van der Waals surface area (Å²) in [5.41, 5.74) is 7.11. The highest BCUT2D eigenvalue weighted by molar-refractivity contribution is 5.63. The van der Waals surface area contributed by atoms with Crippen LogP contribution in [0.15, 0.2) is 18.6 Å². The van der Waals surface area contributed by atoms with Crippen LogP contribution < -0.4 is 10.5 Å². The number of hydrogen-bond acceptors (Lipinski definition) is 6. The number of hydrogen-bond donors (Lipinski definition) is 1. The predicted molar refractivity (Wildman–Crippen MR) is 79.8 cm³/mol. The van der Waals surface area contributed by atoms with E-state index >= 15 is 0 Å². The Morgan fingerprint density at radius 3 is 2.71 bits per heavy atom. The minimum absolute atomic E-state index is 0.0164. The maximum Gasteiger partial charge on any atom is 0.242 e. The first kappa shape index (κ1) is 15.2. The number of ether oxygens (including phenoxy) is 2. The van der Waals surface area contributed by atoms with Gasteiger partial charge >= 0.3 is 0 Å². The van der Waals surface area contributed by atoms with E-state index < -0.39 is 0 Å². The molecule has 0 amide bonds. The van der Waals surface area contributed by atoms with E-state index in [1.165, 1.54) is 6.20 Å². The number of anilines is 1. The molecule has 114 valence electrons. The Morgan fingerprint density at radius 1 is 1.29 bits per heavy atom. The zero-order chi connectivity index (χ0) is 15.4. The van der Waals surface area contributed by atoms with Crippen LogP contribution in [0.5, 0.6) is 5.88 Å². The summed E-state index contributed by atoms with van der Waals surface area (Å²) < 4.78 is 12.9. The lowest BCUT2D eigenvalue weighted by molar-refractivity contribution is 0.0160. The van der Waals surface area contributed by atoms with Crippen molar-refractivity contribution < 1.29 is 9.47 Å². The van der Waals surface area contributed by atoms with Gasteiger partial charge in [-0.3, -0.25) is 0 Å². The van der Waals surface area contributed by atoms with E-state index in [0.717, 1.165) is 5.56 Å². The second kappa shape index (κ2) is 6.53. The van der Waals surface area contributed by atoms with Crippen molar-refractivity contribution in [2.45, 2.75) is 40.0 Å². The highest BCUT2D eigenvalue weighted by Gasteiger charge is 2.15. The van der Waals surface area contributed by atoms with Gasteiger partial charge in [0.25, 0.3) is 0 Å². The van der Waals surface area contributed by atoms with Gasteiger partial charge in [0, 0.05) is 18.4 Å². The molecule has 7 nitrogen and oxygen atoms in total. The molecule has 0 spiro atoms. The molecule has 0 fully saturated rings. The zero-order valence-corrected chi connectivity index (χ0v) is 12.8. The van der Waals surface area contributed by atoms with E-state index in [2.05, 4.69) is 15.1 Å². The summed E-state index contributed by atoms with van der Waals surface area (Å²) in [5.74, 6) is 0.734. The van der Waals surface area contributed by atoms with E-state index in [1.54, 1.807) is 10.9 Å². The molecule has 0 aliphatic carbocycles. The van der Waals surface area contributed by atoms with Crippen molar-refractivity contribution in [3.05, 3.63) is 18.6 Å². The SMILES string of the molecule is CCOC(C)n1cc(-c2ncc(N)nc2OC(C)C)cn1. The molecular formula is C14H21N5O2. The van der Waals surface area contributed by atoms with E-state index in [0.29, 0.717) is 24.0 Å². The van der Waals surface area contributed by atoms with Gasteiger partial charge in [-0.15, -0.1) is 0 Å². The Labute approximate surface area is 124 Å². The van der Waals surface area contributed by atoms with Crippen LogP contribution >= 0.6 is 0 Å². The first-order chi connectivity index (χ1) is 10.0. The molecule has 0 saturated carbocycles. The van der Waals surface area contributed by atoms with Crippen molar-refractivity contribution >= 4 is 5.82 Å². The maximum absolute atomic E-state index is 5.68. The van der Waals surface area contributed by atoms with Crippen LogP contribution in [-0.4, -0.2) is 32.5 Å². The van der Waals surface area contributed by atoms with Crippen LogP contribution in [0, 0.1) is 0 Å². The fourth-order valence-corrected chi connectivity index (χ4v) is 1.87. The number of nitrogens with zero attached hydrogens (tertiary/aromatic N) is 4. The third-order valence-electron chi connectivity index (χ3n) is 2.76. The van der Waals surface area contributed by atoms with Gasteiger partial charge in [-0.25, -0.2) is 9.67 Å². The Kier molecular flexibility index (Phi) is 4.74. The molecule has 2 aromatic heterocycles. The first-order valence-corrected chi connectivity index (χ1v) is 6.96. The van der Waals surface area contributed by atoms with Crippen molar-refractivity contribution in [1.82, 2.24) is 19.7 Å². The smallest absolute Gasteiger partial charge is 0.242 e. The molecular weight excluding hydrogens is 270 g/mol. The van der Waals surface area contributed by atoms with Gasteiger partial charge in [-0.05, 0) is 27.7 Å². The Bertz CT molecular complexity index is 597. The molecule has 0 aliphatic heterocycles. The van der Waals surface area contributed by atoms with Crippen molar-refractivity contribution in [2.75, 3.05) is 12.3 Å². The third-order valence-corrected chi connectivity index (χ3v) is 2.76. The van der Waals surface area contributed by atoms with Gasteiger partial charge in [0.05, 0.1) is 18.5 Å². The van der Waals surface area contributed by atoms with Crippen molar-refractivity contribution in [3.8, 4) is 17.1 Å². The average Bonchev–Trinajstić information content (AvgIpc) is 2.88. The summed E-state index contributed by atoms with van der Waals surface area (Å²) in [5, 5.41) is 4.29. The van der Waals surface area contributed by atoms with Gasteiger partial charge in [0.1, 0.15) is 17.7 Å². The molecule has 21 heavy (non-hydrogen) atoms. The van der Waals surface area contributed by atoms with Gasteiger partial charge in [-0.2, -0.15) is 10.1 Å². The van der Waals surface area contributed by atoms with Crippen molar-refractivity contribution in [1.29, 1.82) is 0 Å². The summed E-state index contributed by atoms with van der Waals surface area (Å²) in [4.78, 5) is 8.52. The van der Waals surface area contributed by atoms with Crippen LogP contribution in [0.4, 0.5) is 5.82 Å². The minimum atomic E-state index is -0.139. The Hall–Kier alpha value is -2.15. The second-order valence-corrected chi connectivity index (χ2v) is 4.88. The molecule has 7 heteroatoms. The summed E-state index contributed by atoms with van der Waals surface area (Å²) in [7, 11) is 0. The van der Waals surface area contributed by atoms with Gasteiger partial charge < -0.3 is 15.2 Å². The van der Waals surface area contributed by atoms with Crippen LogP contribution in [0.2, 0.25) is 0 Å². The number of aromatic nitrogens is 4. The largest absolute Gasteiger partial charge is 0.473 e. The van der Waals surface area contributed by atoms with Crippen LogP contribution in [0.1, 0.15) is 33.9 Å². The standard InChI is InChI=1S/C14H21N5O2/c1-5-20-10(4)19-8-11(6-17-19)13-14(21-9(2)3)18-12(15)7-16-13/h6-10H,5H2,1-4H3,(H2,15,18). The minimum Gasteiger partial charge on any atom is -0.473 e. The molecule has 1 atom stereocenters. The molecule has 0 aliphatic rings. The topological polar surface area (TPSA) is 88.1 Å². The van der Waals surface area contributed by atoms with E-state index in [4.69, 9.17) is 15.2 Å². The Balaban J connectivity index is 2.33. The van der Waals surface area contributed by atoms with Gasteiger partial charge in [-0.1, -0.05) is 0 Å². The summed E-state index contributed by atoms with van der Waals surface area (Å²) >= 11 is 0. The fourth-order valence-electron chi connectivity index (χ4n) is 1.87. The molecule has 0 saturated heterocycles. The lowest BCUT2D eigenvalue weighted by atomic mass is 10.2. The van der Waals surface area contributed by atoms with Crippen LogP contribution in [0.25, 0.3) is 11.3 Å². The van der Waals surface area contributed by atoms with Crippen molar-refractivity contribution in [2.24, 2.45) is 0 Å². The van der Waals surface area contributed by atoms with Gasteiger partial charge in [0.2, 0.25) is 5.88 Å². The molecule has 2 heterocycles. The fraction of sp³-hybridized carbons (Fsp3) is 0.500. The summed E-state index contributed by atoms with van der Waals surface area (Å²) in [6.07, 6.45) is 4.92. The average molecular weight is 291 g/mol. The molecule has 0 bridgehead atoms. The van der Waals surface area contributed by atoms with E-state index in [-0.39, 0.29) is 12.3 Å². The maximum atomic E-state index is 5.68. The summed E-state index contributed by atoms with van der Waals surface area (Å²) in [6.45, 7) is 8.35. The number of nitrogen functional groups attached to an aromatic ring is 1. The second-order valence-electron chi connectivity index (χ2n) is 4.88. The van der Waals surface area contributed by atoms with Gasteiger partial charge in [0.15, 0.2) is 0 Å². The zero-order valence-electron chi connectivity index (χ0n) is 12.8.